The minimum Gasteiger partial charge on any atom is -0.481 e. The second-order valence-electron chi connectivity index (χ2n) is 7.61. The molecule has 7 nitrogen and oxygen atoms in total. The van der Waals surface area contributed by atoms with E-state index in [0.29, 0.717) is 38.2 Å². The summed E-state index contributed by atoms with van der Waals surface area (Å²) in [6.07, 6.45) is 5.33. The third kappa shape index (κ3) is 3.94. The fourth-order valence-corrected chi connectivity index (χ4v) is 4.28. The molecule has 2 fully saturated rings. The van der Waals surface area contributed by atoms with Crippen molar-refractivity contribution in [3.63, 3.8) is 0 Å². The minimum atomic E-state index is -0.771. The maximum atomic E-state index is 12.8. The molecule has 0 aliphatic carbocycles. The summed E-state index contributed by atoms with van der Waals surface area (Å²) >= 11 is 0. The van der Waals surface area contributed by atoms with Crippen LogP contribution >= 0.6 is 0 Å². The van der Waals surface area contributed by atoms with Gasteiger partial charge in [-0.2, -0.15) is 5.10 Å². The fourth-order valence-electron chi connectivity index (χ4n) is 4.28. The molecule has 2 aromatic rings. The van der Waals surface area contributed by atoms with Crippen LogP contribution in [0, 0.1) is 11.8 Å². The Kier molecular flexibility index (Phi) is 5.43. The molecule has 2 saturated heterocycles. The van der Waals surface area contributed by atoms with Crippen molar-refractivity contribution < 1.29 is 19.4 Å². The van der Waals surface area contributed by atoms with Crippen LogP contribution in [0.5, 0.6) is 0 Å². The number of amides is 1. The average Bonchev–Trinajstić information content (AvgIpc) is 3.38. The fraction of sp³-hybridized carbons (Fsp3) is 0.476. The second kappa shape index (κ2) is 8.14. The molecule has 0 radical (unpaired) electrons. The number of aliphatic carboxylic acids is 1. The second-order valence-corrected chi connectivity index (χ2v) is 7.61. The van der Waals surface area contributed by atoms with Gasteiger partial charge in [0.1, 0.15) is 0 Å². The van der Waals surface area contributed by atoms with Crippen LogP contribution in [0.2, 0.25) is 0 Å². The van der Waals surface area contributed by atoms with Gasteiger partial charge in [-0.25, -0.2) is 0 Å². The van der Waals surface area contributed by atoms with Crippen molar-refractivity contribution in [1.29, 1.82) is 0 Å². The first kappa shape index (κ1) is 18.7. The van der Waals surface area contributed by atoms with E-state index < -0.39 is 11.9 Å². The molecule has 0 bridgehead atoms. The zero-order valence-electron chi connectivity index (χ0n) is 15.7. The molecule has 148 valence electrons. The molecular weight excluding hydrogens is 358 g/mol. The zero-order chi connectivity index (χ0) is 19.5. The number of aromatic nitrogens is 2. The van der Waals surface area contributed by atoms with Gasteiger partial charge in [-0.15, -0.1) is 0 Å². The lowest BCUT2D eigenvalue weighted by Gasteiger charge is -2.35. The third-order valence-electron chi connectivity index (χ3n) is 5.81. The van der Waals surface area contributed by atoms with E-state index in [2.05, 4.69) is 5.10 Å². The first-order chi connectivity index (χ1) is 13.6. The van der Waals surface area contributed by atoms with Crippen LogP contribution in [0.4, 0.5) is 0 Å². The minimum absolute atomic E-state index is 0.0140. The number of likely N-dealkylation sites (tertiary alicyclic amines) is 1. The van der Waals surface area contributed by atoms with Gasteiger partial charge in [-0.3, -0.25) is 14.3 Å². The number of ether oxygens (including phenoxy) is 1. The molecule has 1 aromatic carbocycles. The summed E-state index contributed by atoms with van der Waals surface area (Å²) < 4.78 is 7.49. The summed E-state index contributed by atoms with van der Waals surface area (Å²) in [5.74, 6) is -0.997. The monoisotopic (exact) mass is 383 g/mol. The van der Waals surface area contributed by atoms with E-state index in [0.717, 1.165) is 18.4 Å². The van der Waals surface area contributed by atoms with Gasteiger partial charge in [0.05, 0.1) is 30.3 Å². The van der Waals surface area contributed by atoms with Crippen molar-refractivity contribution in [2.24, 2.45) is 11.8 Å². The Bertz CT molecular complexity index is 827. The van der Waals surface area contributed by atoms with Crippen LogP contribution in [-0.4, -0.2) is 57.5 Å². The first-order valence-corrected chi connectivity index (χ1v) is 9.82. The van der Waals surface area contributed by atoms with Gasteiger partial charge in [-0.05, 0) is 30.7 Å². The highest BCUT2D eigenvalue weighted by atomic mass is 16.5. The van der Waals surface area contributed by atoms with E-state index in [-0.39, 0.29) is 17.9 Å². The maximum Gasteiger partial charge on any atom is 0.309 e. The standard InChI is InChI=1S/C21H25N3O4/c25-20(17-12-22-24(14-17)13-15-4-2-1-3-5-15)23-9-6-16(7-10-23)19-18(21(26)27)8-11-28-19/h1-5,12,14,16,18-19H,6-11,13H2,(H,26,27)/t18?,19-/m0/s1. The number of hydrogen-bond donors (Lipinski definition) is 1. The number of carboxylic acids is 1. The summed E-state index contributed by atoms with van der Waals surface area (Å²) in [5, 5.41) is 13.7. The first-order valence-electron chi connectivity index (χ1n) is 9.82. The number of rotatable bonds is 5. The summed E-state index contributed by atoms with van der Waals surface area (Å²) in [6.45, 7) is 2.40. The van der Waals surface area contributed by atoms with E-state index in [4.69, 9.17) is 4.74 Å². The van der Waals surface area contributed by atoms with Gasteiger partial charge >= 0.3 is 5.97 Å². The smallest absolute Gasteiger partial charge is 0.309 e. The molecule has 1 N–H and O–H groups in total. The summed E-state index contributed by atoms with van der Waals surface area (Å²) in [4.78, 5) is 26.0. The number of benzene rings is 1. The highest BCUT2D eigenvalue weighted by Gasteiger charge is 2.40. The molecule has 2 aliphatic heterocycles. The van der Waals surface area contributed by atoms with Crippen molar-refractivity contribution >= 4 is 11.9 Å². The Morgan fingerprint density at radius 2 is 1.89 bits per heavy atom. The lowest BCUT2D eigenvalue weighted by Crippen LogP contribution is -2.43. The van der Waals surface area contributed by atoms with Gasteiger partial charge in [-0.1, -0.05) is 30.3 Å². The zero-order valence-corrected chi connectivity index (χ0v) is 15.7. The molecule has 28 heavy (non-hydrogen) atoms. The van der Waals surface area contributed by atoms with Crippen LogP contribution < -0.4 is 0 Å². The number of carbonyl (C=O) groups excluding carboxylic acids is 1. The van der Waals surface area contributed by atoms with Crippen molar-refractivity contribution in [2.75, 3.05) is 19.7 Å². The van der Waals surface area contributed by atoms with E-state index in [1.807, 2.05) is 35.2 Å². The number of carbonyl (C=O) groups is 2. The van der Waals surface area contributed by atoms with Gasteiger partial charge in [0.15, 0.2) is 0 Å². The lowest BCUT2D eigenvalue weighted by atomic mass is 9.84. The van der Waals surface area contributed by atoms with E-state index in [1.54, 1.807) is 17.1 Å². The van der Waals surface area contributed by atoms with Gasteiger partial charge in [0, 0.05) is 25.9 Å². The predicted molar refractivity (Wildman–Crippen MR) is 102 cm³/mol. The Labute approximate surface area is 163 Å². The van der Waals surface area contributed by atoms with Crippen LogP contribution in [0.1, 0.15) is 35.2 Å². The molecule has 2 atom stereocenters. The highest BCUT2D eigenvalue weighted by Crippen LogP contribution is 2.33. The van der Waals surface area contributed by atoms with Gasteiger partial charge in [0.2, 0.25) is 0 Å². The Hall–Kier alpha value is -2.67. The molecule has 4 rings (SSSR count). The molecule has 0 spiro atoms. The summed E-state index contributed by atoms with van der Waals surface area (Å²) in [5.41, 5.74) is 1.73. The number of carboxylic acid groups (broad SMARTS) is 1. The largest absolute Gasteiger partial charge is 0.481 e. The Morgan fingerprint density at radius 3 is 2.61 bits per heavy atom. The van der Waals surface area contributed by atoms with Crippen molar-refractivity contribution in [3.8, 4) is 0 Å². The van der Waals surface area contributed by atoms with Gasteiger partial charge in [0.25, 0.3) is 5.91 Å². The van der Waals surface area contributed by atoms with Crippen LogP contribution in [0.25, 0.3) is 0 Å². The Morgan fingerprint density at radius 1 is 1.14 bits per heavy atom. The van der Waals surface area contributed by atoms with E-state index in [1.165, 1.54) is 0 Å². The maximum absolute atomic E-state index is 12.8. The lowest BCUT2D eigenvalue weighted by molar-refractivity contribution is -0.145. The number of nitrogens with zero attached hydrogens (tertiary/aromatic N) is 3. The normalized spacial score (nSPS) is 23.1. The van der Waals surface area contributed by atoms with Crippen LogP contribution in [0.15, 0.2) is 42.7 Å². The van der Waals surface area contributed by atoms with E-state index >= 15 is 0 Å². The number of piperidine rings is 1. The quantitative estimate of drug-likeness (QED) is 0.856. The van der Waals surface area contributed by atoms with Gasteiger partial charge < -0.3 is 14.7 Å². The molecule has 7 heteroatoms. The third-order valence-corrected chi connectivity index (χ3v) is 5.81. The molecule has 3 heterocycles. The topological polar surface area (TPSA) is 84.7 Å². The van der Waals surface area contributed by atoms with E-state index in [9.17, 15) is 14.7 Å². The van der Waals surface area contributed by atoms with Crippen LogP contribution in [0.3, 0.4) is 0 Å². The molecule has 1 aromatic heterocycles. The highest BCUT2D eigenvalue weighted by molar-refractivity contribution is 5.93. The Balaban J connectivity index is 1.34. The summed E-state index contributed by atoms with van der Waals surface area (Å²) in [6, 6.07) is 10.0. The predicted octanol–water partition coefficient (Wildman–Crippen LogP) is 2.27. The average molecular weight is 383 g/mol. The molecule has 2 aliphatic rings. The van der Waals surface area contributed by atoms with Crippen molar-refractivity contribution in [3.05, 3.63) is 53.9 Å². The number of hydrogen-bond acceptors (Lipinski definition) is 4. The molecule has 0 saturated carbocycles. The van der Waals surface area contributed by atoms with Crippen molar-refractivity contribution in [1.82, 2.24) is 14.7 Å². The van der Waals surface area contributed by atoms with Crippen LogP contribution in [-0.2, 0) is 16.1 Å². The molecule has 1 unspecified atom stereocenters. The molecule has 1 amide bonds. The van der Waals surface area contributed by atoms with Crippen molar-refractivity contribution in [2.45, 2.75) is 31.9 Å². The SMILES string of the molecule is O=C(O)C1CCO[C@H]1C1CCN(C(=O)c2cnn(Cc3ccccc3)c2)CC1. The molecular formula is C21H25N3O4. The summed E-state index contributed by atoms with van der Waals surface area (Å²) in [7, 11) is 0.